The van der Waals surface area contributed by atoms with E-state index in [0.717, 1.165) is 37.1 Å². The third-order valence-corrected chi connectivity index (χ3v) is 3.34. The van der Waals surface area contributed by atoms with Gasteiger partial charge >= 0.3 is 6.16 Å². The van der Waals surface area contributed by atoms with Crippen molar-refractivity contribution in [2.75, 3.05) is 7.11 Å². The molecule has 0 aliphatic heterocycles. The Labute approximate surface area is 116 Å². The lowest BCUT2D eigenvalue weighted by Gasteiger charge is -2.06. The van der Waals surface area contributed by atoms with Gasteiger partial charge in [0.15, 0.2) is 5.75 Å². The average molecular weight is 276 g/mol. The van der Waals surface area contributed by atoms with Crippen molar-refractivity contribution < 1.29 is 18.8 Å². The largest absolute Gasteiger partial charge is 0.513 e. The fourth-order valence-corrected chi connectivity index (χ4v) is 2.20. The molecule has 1 saturated carbocycles. The Morgan fingerprint density at radius 1 is 1.50 bits per heavy atom. The molecule has 2 heterocycles. The summed E-state index contributed by atoms with van der Waals surface area (Å²) in [4.78, 5) is 15.9. The highest BCUT2D eigenvalue weighted by Gasteiger charge is 2.28. The molecule has 106 valence electrons. The molecule has 2 aromatic rings. The molecule has 0 aromatic carbocycles. The van der Waals surface area contributed by atoms with Gasteiger partial charge in [-0.2, -0.15) is 0 Å². The molecule has 0 bridgehead atoms. The summed E-state index contributed by atoms with van der Waals surface area (Å²) in [5.74, 6) is 0.854. The lowest BCUT2D eigenvalue weighted by atomic mass is 10.1. The van der Waals surface area contributed by atoms with Gasteiger partial charge in [-0.25, -0.2) is 9.78 Å². The van der Waals surface area contributed by atoms with Gasteiger partial charge in [0.25, 0.3) is 5.71 Å². The lowest BCUT2D eigenvalue weighted by Crippen LogP contribution is -2.08. The monoisotopic (exact) mass is 276 g/mol. The predicted molar refractivity (Wildman–Crippen MR) is 70.8 cm³/mol. The van der Waals surface area contributed by atoms with Gasteiger partial charge in [0.05, 0.1) is 18.5 Å². The minimum absolute atomic E-state index is 0.424. The number of carbonyl (C=O) groups is 1. The van der Waals surface area contributed by atoms with Crippen LogP contribution in [0.15, 0.2) is 10.6 Å². The number of hydrogen-bond acceptors (Lipinski definition) is 6. The number of fused-ring (bicyclic) bond motifs is 1. The molecular weight excluding hydrogens is 260 g/mol. The summed E-state index contributed by atoms with van der Waals surface area (Å²) in [6.45, 7) is 2.05. The molecule has 20 heavy (non-hydrogen) atoms. The molecule has 1 fully saturated rings. The highest BCUT2D eigenvalue weighted by Crippen LogP contribution is 2.42. The normalized spacial score (nSPS) is 14.5. The smallest absolute Gasteiger partial charge is 0.437 e. The zero-order valence-corrected chi connectivity index (χ0v) is 11.5. The molecule has 0 amide bonds. The van der Waals surface area contributed by atoms with Gasteiger partial charge in [0.2, 0.25) is 0 Å². The zero-order chi connectivity index (χ0) is 14.1. The van der Waals surface area contributed by atoms with Crippen molar-refractivity contribution in [2.24, 2.45) is 0 Å². The molecule has 6 nitrogen and oxygen atoms in total. The van der Waals surface area contributed by atoms with E-state index in [2.05, 4.69) is 14.9 Å². The Morgan fingerprint density at radius 3 is 2.95 bits per heavy atom. The molecular formula is C14H16N2O4. The summed E-state index contributed by atoms with van der Waals surface area (Å²) in [5, 5.41) is 4.70. The van der Waals surface area contributed by atoms with Crippen molar-refractivity contribution in [1.82, 2.24) is 10.1 Å². The fourth-order valence-electron chi connectivity index (χ4n) is 2.20. The van der Waals surface area contributed by atoms with E-state index < -0.39 is 6.16 Å². The number of rotatable bonds is 4. The van der Waals surface area contributed by atoms with Crippen molar-refractivity contribution in [3.8, 4) is 5.75 Å². The van der Waals surface area contributed by atoms with Crippen LogP contribution in [0, 0.1) is 0 Å². The van der Waals surface area contributed by atoms with Crippen molar-refractivity contribution in [1.29, 1.82) is 0 Å². The van der Waals surface area contributed by atoms with Crippen LogP contribution in [-0.4, -0.2) is 23.4 Å². The first kappa shape index (κ1) is 12.9. The van der Waals surface area contributed by atoms with Gasteiger partial charge in [0, 0.05) is 12.0 Å². The van der Waals surface area contributed by atoms with E-state index in [-0.39, 0.29) is 0 Å². The zero-order valence-electron chi connectivity index (χ0n) is 11.5. The van der Waals surface area contributed by atoms with Crippen LogP contribution in [0.3, 0.4) is 0 Å². The van der Waals surface area contributed by atoms with E-state index >= 15 is 0 Å². The third kappa shape index (κ3) is 2.33. The Kier molecular flexibility index (Phi) is 3.30. The van der Waals surface area contributed by atoms with Gasteiger partial charge in [0.1, 0.15) is 5.39 Å². The van der Waals surface area contributed by atoms with Crippen molar-refractivity contribution in [3.63, 3.8) is 0 Å². The molecule has 2 aromatic heterocycles. The summed E-state index contributed by atoms with van der Waals surface area (Å²) >= 11 is 0. The van der Waals surface area contributed by atoms with Crippen LogP contribution in [0.5, 0.6) is 5.75 Å². The maximum absolute atomic E-state index is 11.4. The number of hydrogen-bond donors (Lipinski definition) is 0. The van der Waals surface area contributed by atoms with Crippen LogP contribution in [0.1, 0.15) is 43.5 Å². The van der Waals surface area contributed by atoms with Gasteiger partial charge in [-0.05, 0) is 19.3 Å². The SMILES string of the molecule is CCCc1noc2nc(C3CC3)cc(OC(=O)OC)c12. The third-order valence-electron chi connectivity index (χ3n) is 3.34. The summed E-state index contributed by atoms with van der Waals surface area (Å²) in [6, 6.07) is 1.80. The van der Waals surface area contributed by atoms with Crippen LogP contribution in [0.4, 0.5) is 4.79 Å². The van der Waals surface area contributed by atoms with Crippen LogP contribution < -0.4 is 4.74 Å². The first-order valence-corrected chi connectivity index (χ1v) is 6.78. The molecule has 6 heteroatoms. The Morgan fingerprint density at radius 2 is 2.30 bits per heavy atom. The number of methoxy groups -OCH3 is 1. The van der Waals surface area contributed by atoms with E-state index in [1.54, 1.807) is 6.07 Å². The quantitative estimate of drug-likeness (QED) is 0.798. The summed E-state index contributed by atoms with van der Waals surface area (Å²) in [6.07, 6.45) is 3.12. The molecule has 3 rings (SSSR count). The second-order valence-electron chi connectivity index (χ2n) is 4.94. The first-order chi connectivity index (χ1) is 9.72. The maximum atomic E-state index is 11.4. The highest BCUT2D eigenvalue weighted by atomic mass is 16.7. The first-order valence-electron chi connectivity index (χ1n) is 6.78. The number of aryl methyl sites for hydroxylation is 1. The molecule has 0 radical (unpaired) electrons. The number of nitrogens with zero attached hydrogens (tertiary/aromatic N) is 2. The summed E-state index contributed by atoms with van der Waals surface area (Å²) < 4.78 is 15.1. The second kappa shape index (κ2) is 5.11. The Hall–Kier alpha value is -2.11. The molecule has 0 spiro atoms. The van der Waals surface area contributed by atoms with E-state index in [0.29, 0.717) is 22.8 Å². The van der Waals surface area contributed by atoms with Gasteiger partial charge in [-0.15, -0.1) is 0 Å². The van der Waals surface area contributed by atoms with Crippen LogP contribution in [-0.2, 0) is 11.2 Å². The Bertz CT molecular complexity index is 646. The van der Waals surface area contributed by atoms with Gasteiger partial charge < -0.3 is 14.0 Å². The number of carbonyl (C=O) groups excluding carboxylic acids is 1. The molecule has 1 aliphatic rings. The second-order valence-corrected chi connectivity index (χ2v) is 4.94. The Balaban J connectivity index is 2.09. The minimum atomic E-state index is -0.747. The van der Waals surface area contributed by atoms with Crippen molar-refractivity contribution >= 4 is 17.3 Å². The van der Waals surface area contributed by atoms with E-state index in [1.165, 1.54) is 7.11 Å². The summed E-state index contributed by atoms with van der Waals surface area (Å²) in [7, 11) is 1.28. The summed E-state index contributed by atoms with van der Waals surface area (Å²) in [5.41, 5.74) is 2.07. The number of ether oxygens (including phenoxy) is 2. The van der Waals surface area contributed by atoms with Crippen LogP contribution in [0.25, 0.3) is 11.1 Å². The van der Waals surface area contributed by atoms with Gasteiger partial charge in [-0.3, -0.25) is 0 Å². The maximum Gasteiger partial charge on any atom is 0.513 e. The molecule has 0 atom stereocenters. The molecule has 1 aliphatic carbocycles. The van der Waals surface area contributed by atoms with Crippen molar-refractivity contribution in [2.45, 2.75) is 38.5 Å². The lowest BCUT2D eigenvalue weighted by molar-refractivity contribution is 0.122. The average Bonchev–Trinajstić information content (AvgIpc) is 3.22. The predicted octanol–water partition coefficient (Wildman–Crippen LogP) is 3.20. The molecule has 0 N–H and O–H groups in total. The topological polar surface area (TPSA) is 74.5 Å². The van der Waals surface area contributed by atoms with Crippen LogP contribution in [0.2, 0.25) is 0 Å². The molecule has 0 unspecified atom stereocenters. The standard InChI is InChI=1S/C14H16N2O4/c1-3-4-9-12-11(19-14(17)18-2)7-10(8-5-6-8)15-13(12)20-16-9/h7-8H,3-6H2,1-2H3. The van der Waals surface area contributed by atoms with E-state index in [1.807, 2.05) is 6.92 Å². The minimum Gasteiger partial charge on any atom is -0.437 e. The van der Waals surface area contributed by atoms with Crippen molar-refractivity contribution in [3.05, 3.63) is 17.5 Å². The van der Waals surface area contributed by atoms with E-state index in [4.69, 9.17) is 9.26 Å². The highest BCUT2D eigenvalue weighted by molar-refractivity contribution is 5.86. The number of aromatic nitrogens is 2. The van der Waals surface area contributed by atoms with Gasteiger partial charge in [-0.1, -0.05) is 18.5 Å². The number of pyridine rings is 1. The van der Waals surface area contributed by atoms with Crippen LogP contribution >= 0.6 is 0 Å². The molecule has 0 saturated heterocycles. The van der Waals surface area contributed by atoms with E-state index in [9.17, 15) is 4.79 Å². The fraction of sp³-hybridized carbons (Fsp3) is 0.500.